The Morgan fingerprint density at radius 3 is 2.43 bits per heavy atom. The number of aliphatic imine (C=N–C) groups is 1. The van der Waals surface area contributed by atoms with Crippen LogP contribution in [0.3, 0.4) is 0 Å². The minimum absolute atomic E-state index is 0.317. The fraction of sp³-hybridized carbons (Fsp3) is 0.955. The van der Waals surface area contributed by atoms with Gasteiger partial charge in [-0.15, -0.1) is 0 Å². The van der Waals surface area contributed by atoms with Crippen LogP contribution >= 0.6 is 0 Å². The van der Waals surface area contributed by atoms with Crippen LogP contribution in [0.25, 0.3) is 0 Å². The number of piperidine rings is 1. The Bertz CT molecular complexity index is 440. The molecule has 0 aromatic heterocycles. The summed E-state index contributed by atoms with van der Waals surface area (Å²) in [6.45, 7) is 5.46. The highest BCUT2D eigenvalue weighted by Crippen LogP contribution is 2.20. The molecule has 6 heteroatoms. The Labute approximate surface area is 171 Å². The molecule has 2 heterocycles. The van der Waals surface area contributed by atoms with Crippen molar-refractivity contribution in [2.24, 2.45) is 4.99 Å². The molecule has 0 spiro atoms. The fourth-order valence-corrected chi connectivity index (χ4v) is 4.50. The lowest BCUT2D eigenvalue weighted by Gasteiger charge is -2.35. The molecule has 2 saturated heterocycles. The Balaban J connectivity index is 1.24. The van der Waals surface area contributed by atoms with Gasteiger partial charge < -0.3 is 24.4 Å². The summed E-state index contributed by atoms with van der Waals surface area (Å²) in [7, 11) is 1.88. The largest absolute Gasteiger partial charge is 0.378 e. The van der Waals surface area contributed by atoms with Crippen LogP contribution in [-0.2, 0) is 14.2 Å². The number of nitrogens with zero attached hydrogens (tertiary/aromatic N) is 2. The third-order valence-electron chi connectivity index (χ3n) is 6.26. The maximum atomic E-state index is 6.13. The lowest BCUT2D eigenvalue weighted by molar-refractivity contribution is -0.0721. The van der Waals surface area contributed by atoms with Crippen molar-refractivity contribution in [3.8, 4) is 0 Å². The summed E-state index contributed by atoms with van der Waals surface area (Å²) in [6, 6.07) is 0. The summed E-state index contributed by atoms with van der Waals surface area (Å²) in [6.07, 6.45) is 14.5. The molecule has 0 bridgehead atoms. The van der Waals surface area contributed by atoms with Crippen LogP contribution in [0.1, 0.15) is 70.6 Å². The summed E-state index contributed by atoms with van der Waals surface area (Å²) in [5, 5.41) is 3.51. The first-order valence-corrected chi connectivity index (χ1v) is 11.7. The number of likely N-dealkylation sites (tertiary alicyclic amines) is 1. The Morgan fingerprint density at radius 1 is 0.964 bits per heavy atom. The zero-order valence-corrected chi connectivity index (χ0v) is 17.9. The first-order chi connectivity index (χ1) is 13.8. The summed E-state index contributed by atoms with van der Waals surface area (Å²) < 4.78 is 17.9. The molecular formula is C22H41N3O3. The first kappa shape index (κ1) is 21.8. The van der Waals surface area contributed by atoms with Crippen molar-refractivity contribution in [2.45, 2.75) is 88.9 Å². The predicted molar refractivity (Wildman–Crippen MR) is 113 cm³/mol. The number of nitrogens with one attached hydrogen (secondary N) is 1. The molecule has 0 amide bonds. The maximum Gasteiger partial charge on any atom is 0.193 e. The molecule has 3 fully saturated rings. The third-order valence-corrected chi connectivity index (χ3v) is 6.26. The quantitative estimate of drug-likeness (QED) is 0.388. The van der Waals surface area contributed by atoms with E-state index >= 15 is 0 Å². The van der Waals surface area contributed by atoms with Gasteiger partial charge in [-0.1, -0.05) is 19.3 Å². The number of hydrogen-bond donors (Lipinski definition) is 1. The maximum absolute atomic E-state index is 6.13. The van der Waals surface area contributed by atoms with E-state index in [1.165, 1.54) is 44.9 Å². The zero-order chi connectivity index (χ0) is 19.4. The average molecular weight is 396 g/mol. The lowest BCUT2D eigenvalue weighted by Crippen LogP contribution is -2.47. The van der Waals surface area contributed by atoms with Crippen molar-refractivity contribution < 1.29 is 14.2 Å². The van der Waals surface area contributed by atoms with Crippen molar-refractivity contribution in [3.05, 3.63) is 0 Å². The first-order valence-electron chi connectivity index (χ1n) is 11.7. The van der Waals surface area contributed by atoms with Gasteiger partial charge in [-0.3, -0.25) is 4.99 Å². The molecule has 0 aromatic rings. The number of ether oxygens (including phenoxy) is 3. The van der Waals surface area contributed by atoms with Gasteiger partial charge in [0.2, 0.25) is 0 Å². The fourth-order valence-electron chi connectivity index (χ4n) is 4.50. The minimum Gasteiger partial charge on any atom is -0.378 e. The van der Waals surface area contributed by atoms with Gasteiger partial charge in [0.25, 0.3) is 0 Å². The highest BCUT2D eigenvalue weighted by molar-refractivity contribution is 5.79. The van der Waals surface area contributed by atoms with Gasteiger partial charge in [0.15, 0.2) is 5.96 Å². The van der Waals surface area contributed by atoms with Crippen molar-refractivity contribution in [3.63, 3.8) is 0 Å². The van der Waals surface area contributed by atoms with E-state index in [0.717, 1.165) is 71.1 Å². The number of hydrogen-bond acceptors (Lipinski definition) is 4. The summed E-state index contributed by atoms with van der Waals surface area (Å²) >= 11 is 0. The smallest absolute Gasteiger partial charge is 0.193 e. The van der Waals surface area contributed by atoms with Gasteiger partial charge in [0, 0.05) is 39.9 Å². The molecule has 3 aliphatic rings. The van der Waals surface area contributed by atoms with Gasteiger partial charge >= 0.3 is 0 Å². The van der Waals surface area contributed by atoms with Crippen LogP contribution in [0.5, 0.6) is 0 Å². The number of guanidine groups is 1. The van der Waals surface area contributed by atoms with E-state index in [-0.39, 0.29) is 0 Å². The molecule has 3 rings (SSSR count). The molecule has 0 radical (unpaired) electrons. The topological polar surface area (TPSA) is 55.3 Å². The van der Waals surface area contributed by atoms with E-state index in [1.807, 2.05) is 7.05 Å². The van der Waals surface area contributed by atoms with Crippen molar-refractivity contribution in [1.29, 1.82) is 0 Å². The zero-order valence-electron chi connectivity index (χ0n) is 17.9. The molecule has 0 aromatic carbocycles. The van der Waals surface area contributed by atoms with Gasteiger partial charge in [-0.25, -0.2) is 0 Å². The molecule has 28 heavy (non-hydrogen) atoms. The normalized spacial score (nSPS) is 25.8. The van der Waals surface area contributed by atoms with Crippen LogP contribution in [-0.4, -0.2) is 75.7 Å². The van der Waals surface area contributed by atoms with E-state index in [9.17, 15) is 0 Å². The third kappa shape index (κ3) is 7.53. The standard InChI is InChI=1S/C22H41N3O3/c1-23-22(24-13-7-17-26-19-8-3-2-4-9-19)25-14-11-20(12-15-25)28-18-21-10-5-6-16-27-21/h19-21H,2-18H2,1H3,(H,23,24). The second-order valence-corrected chi connectivity index (χ2v) is 8.47. The molecule has 1 aliphatic carbocycles. The minimum atomic E-state index is 0.317. The van der Waals surface area contributed by atoms with Gasteiger partial charge in [0.1, 0.15) is 0 Å². The van der Waals surface area contributed by atoms with Gasteiger partial charge in [-0.2, -0.15) is 0 Å². The van der Waals surface area contributed by atoms with Gasteiger partial charge in [0.05, 0.1) is 24.9 Å². The molecule has 1 unspecified atom stereocenters. The van der Waals surface area contributed by atoms with Crippen LogP contribution in [0, 0.1) is 0 Å². The Hall–Kier alpha value is -0.850. The Kier molecular flexibility index (Phi) is 9.88. The second-order valence-electron chi connectivity index (χ2n) is 8.47. The highest BCUT2D eigenvalue weighted by Gasteiger charge is 2.23. The van der Waals surface area contributed by atoms with Crippen molar-refractivity contribution in [2.75, 3.05) is 46.5 Å². The number of rotatable bonds is 8. The lowest BCUT2D eigenvalue weighted by atomic mass is 9.98. The molecule has 1 N–H and O–H groups in total. The summed E-state index contributed by atoms with van der Waals surface area (Å²) in [5.74, 6) is 1.02. The van der Waals surface area contributed by atoms with Crippen LogP contribution < -0.4 is 5.32 Å². The molecule has 1 atom stereocenters. The van der Waals surface area contributed by atoms with Gasteiger partial charge in [-0.05, 0) is 51.4 Å². The van der Waals surface area contributed by atoms with E-state index < -0.39 is 0 Å². The average Bonchev–Trinajstić information content (AvgIpc) is 2.77. The highest BCUT2D eigenvalue weighted by atomic mass is 16.5. The Morgan fingerprint density at radius 2 is 1.71 bits per heavy atom. The molecule has 2 aliphatic heterocycles. The van der Waals surface area contributed by atoms with E-state index in [1.54, 1.807) is 0 Å². The van der Waals surface area contributed by atoms with Crippen molar-refractivity contribution >= 4 is 5.96 Å². The summed E-state index contributed by atoms with van der Waals surface area (Å²) in [4.78, 5) is 6.83. The SMILES string of the molecule is CN=C(NCCCOC1CCCCC1)N1CCC(OCC2CCCCO2)CC1. The molecule has 6 nitrogen and oxygen atoms in total. The van der Waals surface area contributed by atoms with Crippen LogP contribution in [0.15, 0.2) is 4.99 Å². The summed E-state index contributed by atoms with van der Waals surface area (Å²) in [5.41, 5.74) is 0. The molecule has 1 saturated carbocycles. The van der Waals surface area contributed by atoms with E-state index in [2.05, 4.69) is 15.2 Å². The van der Waals surface area contributed by atoms with Crippen LogP contribution in [0.2, 0.25) is 0 Å². The van der Waals surface area contributed by atoms with E-state index in [4.69, 9.17) is 14.2 Å². The second kappa shape index (κ2) is 12.7. The van der Waals surface area contributed by atoms with Crippen LogP contribution in [0.4, 0.5) is 0 Å². The monoisotopic (exact) mass is 395 g/mol. The van der Waals surface area contributed by atoms with Crippen molar-refractivity contribution in [1.82, 2.24) is 10.2 Å². The van der Waals surface area contributed by atoms with E-state index in [0.29, 0.717) is 18.3 Å². The molecular weight excluding hydrogens is 354 g/mol. The molecule has 162 valence electrons. The predicted octanol–water partition coefficient (Wildman–Crippen LogP) is 3.35.